The third kappa shape index (κ3) is 3.89. The second-order valence-electron chi connectivity index (χ2n) is 9.13. The Morgan fingerprint density at radius 2 is 1.69 bits per heavy atom. The first-order chi connectivity index (χ1) is 12.8. The maximum absolute atomic E-state index is 4.69. The van der Waals surface area contributed by atoms with Gasteiger partial charge in [-0.3, -0.25) is 9.80 Å². The van der Waals surface area contributed by atoms with Crippen LogP contribution in [0.1, 0.15) is 50.5 Å². The average molecular weight is 356 g/mol. The number of hydrogen-bond donors (Lipinski definition) is 0. The summed E-state index contributed by atoms with van der Waals surface area (Å²) < 4.78 is 0. The van der Waals surface area contributed by atoms with Crippen LogP contribution in [-0.2, 0) is 6.54 Å². The lowest BCUT2D eigenvalue weighted by Gasteiger charge is -2.36. The number of hydrogen-bond acceptors (Lipinski definition) is 5. The van der Waals surface area contributed by atoms with Crippen LogP contribution >= 0.6 is 0 Å². The monoisotopic (exact) mass is 355 g/mol. The van der Waals surface area contributed by atoms with Crippen molar-refractivity contribution in [2.45, 2.75) is 57.5 Å². The van der Waals surface area contributed by atoms with Crippen LogP contribution in [0.4, 0.5) is 5.95 Å². The summed E-state index contributed by atoms with van der Waals surface area (Å²) in [7, 11) is 0. The zero-order chi connectivity index (χ0) is 17.3. The quantitative estimate of drug-likeness (QED) is 0.812. The van der Waals surface area contributed by atoms with E-state index in [0.717, 1.165) is 43.5 Å². The van der Waals surface area contributed by atoms with E-state index in [4.69, 9.17) is 0 Å². The normalized spacial score (nSPS) is 30.5. The van der Waals surface area contributed by atoms with Gasteiger partial charge in [-0.15, -0.1) is 0 Å². The molecular weight excluding hydrogens is 322 g/mol. The van der Waals surface area contributed by atoms with Crippen molar-refractivity contribution in [2.75, 3.05) is 44.2 Å². The summed E-state index contributed by atoms with van der Waals surface area (Å²) in [4.78, 5) is 17.2. The molecule has 0 amide bonds. The van der Waals surface area contributed by atoms with Crippen molar-refractivity contribution in [3.05, 3.63) is 18.0 Å². The van der Waals surface area contributed by atoms with Crippen molar-refractivity contribution in [3.63, 3.8) is 0 Å². The minimum Gasteiger partial charge on any atom is -0.341 e. The predicted molar refractivity (Wildman–Crippen MR) is 104 cm³/mol. The van der Waals surface area contributed by atoms with E-state index in [1.54, 1.807) is 0 Å². The molecule has 5 heteroatoms. The van der Waals surface area contributed by atoms with Crippen molar-refractivity contribution < 1.29 is 0 Å². The van der Waals surface area contributed by atoms with E-state index in [2.05, 4.69) is 37.1 Å². The van der Waals surface area contributed by atoms with E-state index < -0.39 is 0 Å². The van der Waals surface area contributed by atoms with Crippen molar-refractivity contribution >= 4 is 5.95 Å². The van der Waals surface area contributed by atoms with Crippen molar-refractivity contribution in [1.29, 1.82) is 0 Å². The molecule has 2 atom stereocenters. The van der Waals surface area contributed by atoms with Gasteiger partial charge in [0.2, 0.25) is 5.95 Å². The minimum absolute atomic E-state index is 0.780. The molecule has 1 aliphatic carbocycles. The fourth-order valence-corrected chi connectivity index (χ4v) is 5.21. The fourth-order valence-electron chi connectivity index (χ4n) is 5.21. The molecule has 0 radical (unpaired) electrons. The van der Waals surface area contributed by atoms with E-state index in [9.17, 15) is 0 Å². The molecule has 5 fully saturated rings. The highest BCUT2D eigenvalue weighted by Gasteiger charge is 2.37. The fraction of sp³-hybridized carbons (Fsp3) is 0.810. The van der Waals surface area contributed by atoms with Crippen LogP contribution in [-0.4, -0.2) is 65.1 Å². The molecule has 5 aliphatic rings. The lowest BCUT2D eigenvalue weighted by atomic mass is 9.95. The summed E-state index contributed by atoms with van der Waals surface area (Å²) in [6, 6.07) is 0.780. The molecule has 5 nitrogen and oxygen atoms in total. The SMILES string of the molecule is c1nc(N2CCCCC2)ncc1CN1C[C@H]2CC[C@@H](C1)N(CC1CC1)C2. The first-order valence-corrected chi connectivity index (χ1v) is 10.9. The molecule has 0 N–H and O–H groups in total. The Morgan fingerprint density at radius 3 is 2.46 bits per heavy atom. The highest BCUT2D eigenvalue weighted by atomic mass is 15.3. The number of piperidine rings is 2. The zero-order valence-corrected chi connectivity index (χ0v) is 16.0. The van der Waals surface area contributed by atoms with E-state index >= 15 is 0 Å². The van der Waals surface area contributed by atoms with Crippen LogP contribution in [0.5, 0.6) is 0 Å². The van der Waals surface area contributed by atoms with Gasteiger partial charge in [0, 0.05) is 69.8 Å². The second kappa shape index (κ2) is 7.43. The standard InChI is InChI=1S/C21H33N5/c1-2-8-25(9-3-1)21-22-10-19(11-23-21)13-24-12-18-6-7-20(16-24)26(15-18)14-17-4-5-17/h10-11,17-18,20H,1-9,12-16H2/t18-,20+/m1/s1. The van der Waals surface area contributed by atoms with Crippen LogP contribution < -0.4 is 4.90 Å². The molecule has 6 rings (SSSR count). The van der Waals surface area contributed by atoms with Gasteiger partial charge >= 0.3 is 0 Å². The van der Waals surface area contributed by atoms with Crippen molar-refractivity contribution in [3.8, 4) is 0 Å². The van der Waals surface area contributed by atoms with E-state index in [1.807, 2.05) is 0 Å². The molecule has 1 saturated carbocycles. The first-order valence-electron chi connectivity index (χ1n) is 10.9. The van der Waals surface area contributed by atoms with Gasteiger partial charge in [-0.05, 0) is 56.8 Å². The smallest absolute Gasteiger partial charge is 0.225 e. The molecule has 1 aromatic heterocycles. The number of rotatable bonds is 5. The summed E-state index contributed by atoms with van der Waals surface area (Å²) >= 11 is 0. The topological polar surface area (TPSA) is 35.5 Å². The van der Waals surface area contributed by atoms with Crippen LogP contribution in [0.2, 0.25) is 0 Å². The van der Waals surface area contributed by atoms with Crippen LogP contribution in [0.15, 0.2) is 12.4 Å². The van der Waals surface area contributed by atoms with Crippen molar-refractivity contribution in [2.24, 2.45) is 11.8 Å². The number of anilines is 1. The molecular formula is C21H33N5. The van der Waals surface area contributed by atoms with Crippen molar-refractivity contribution in [1.82, 2.24) is 19.8 Å². The molecule has 5 heterocycles. The molecule has 0 aromatic carbocycles. The second-order valence-corrected chi connectivity index (χ2v) is 9.13. The molecule has 0 spiro atoms. The zero-order valence-electron chi connectivity index (χ0n) is 16.0. The molecule has 142 valence electrons. The summed E-state index contributed by atoms with van der Waals surface area (Å²) in [5.74, 6) is 2.81. The van der Waals surface area contributed by atoms with Gasteiger partial charge in [0.25, 0.3) is 0 Å². The van der Waals surface area contributed by atoms with E-state index in [1.165, 1.54) is 76.7 Å². The summed E-state index contributed by atoms with van der Waals surface area (Å²) in [5, 5.41) is 0. The Balaban J connectivity index is 1.20. The highest BCUT2D eigenvalue weighted by molar-refractivity contribution is 5.30. The molecule has 0 unspecified atom stereocenters. The first kappa shape index (κ1) is 16.9. The van der Waals surface area contributed by atoms with E-state index in [-0.39, 0.29) is 0 Å². The largest absolute Gasteiger partial charge is 0.341 e. The van der Waals surface area contributed by atoms with Crippen LogP contribution in [0, 0.1) is 11.8 Å². The maximum atomic E-state index is 4.69. The lowest BCUT2D eigenvalue weighted by Crippen LogP contribution is -2.44. The third-order valence-corrected chi connectivity index (χ3v) is 6.83. The Bertz CT molecular complexity index is 593. The maximum Gasteiger partial charge on any atom is 0.225 e. The van der Waals surface area contributed by atoms with Gasteiger partial charge in [-0.2, -0.15) is 0 Å². The predicted octanol–water partition coefficient (Wildman–Crippen LogP) is 2.77. The Kier molecular flexibility index (Phi) is 4.84. The Morgan fingerprint density at radius 1 is 0.885 bits per heavy atom. The Hall–Kier alpha value is -1.20. The summed E-state index contributed by atoms with van der Waals surface area (Å²) in [6.45, 7) is 8.44. The van der Waals surface area contributed by atoms with Gasteiger partial charge in [0.15, 0.2) is 0 Å². The van der Waals surface area contributed by atoms with E-state index in [0.29, 0.717) is 0 Å². The number of nitrogens with zero attached hydrogens (tertiary/aromatic N) is 5. The average Bonchev–Trinajstić information content (AvgIpc) is 3.51. The van der Waals surface area contributed by atoms with Gasteiger partial charge in [-0.25, -0.2) is 9.97 Å². The highest BCUT2D eigenvalue weighted by Crippen LogP contribution is 2.35. The third-order valence-electron chi connectivity index (χ3n) is 6.83. The van der Waals surface area contributed by atoms with Gasteiger partial charge in [0.1, 0.15) is 0 Å². The number of aromatic nitrogens is 2. The van der Waals surface area contributed by atoms with Crippen LogP contribution in [0.3, 0.4) is 0 Å². The molecule has 4 aliphatic heterocycles. The summed E-state index contributed by atoms with van der Waals surface area (Å²) in [6.07, 6.45) is 13.8. The molecule has 2 bridgehead atoms. The van der Waals surface area contributed by atoms with Gasteiger partial charge < -0.3 is 4.90 Å². The molecule has 1 aromatic rings. The Labute approximate surface area is 157 Å². The number of fused-ring (bicyclic) bond motifs is 4. The van der Waals surface area contributed by atoms with Crippen LogP contribution in [0.25, 0.3) is 0 Å². The molecule has 26 heavy (non-hydrogen) atoms. The minimum atomic E-state index is 0.780. The van der Waals surface area contributed by atoms with Gasteiger partial charge in [0.05, 0.1) is 0 Å². The molecule has 4 saturated heterocycles. The lowest BCUT2D eigenvalue weighted by molar-refractivity contribution is 0.125. The van der Waals surface area contributed by atoms with Gasteiger partial charge in [-0.1, -0.05) is 0 Å². The summed E-state index contributed by atoms with van der Waals surface area (Å²) in [5.41, 5.74) is 1.28.